The Labute approximate surface area is 149 Å². The Morgan fingerprint density at radius 1 is 0.880 bits per heavy atom. The van der Waals surface area contributed by atoms with Gasteiger partial charge in [-0.2, -0.15) is 0 Å². The Morgan fingerprint density at radius 2 is 1.40 bits per heavy atom. The number of rotatable bonds is 3. The van der Waals surface area contributed by atoms with Crippen LogP contribution >= 0.6 is 0 Å². The number of hydrogen-bond acceptors (Lipinski definition) is 5. The van der Waals surface area contributed by atoms with Gasteiger partial charge in [0.1, 0.15) is 0 Å². The zero-order chi connectivity index (χ0) is 17.4. The first kappa shape index (κ1) is 17.2. The van der Waals surface area contributed by atoms with Crippen LogP contribution in [0, 0.1) is 11.8 Å². The summed E-state index contributed by atoms with van der Waals surface area (Å²) in [7, 11) is 0. The van der Waals surface area contributed by atoms with E-state index in [-0.39, 0.29) is 23.7 Å². The number of ether oxygens (including phenoxy) is 2. The highest BCUT2D eigenvalue weighted by Gasteiger charge is 2.52. The molecule has 2 atom stereocenters. The van der Waals surface area contributed by atoms with E-state index in [4.69, 9.17) is 9.47 Å². The molecule has 140 valence electrons. The van der Waals surface area contributed by atoms with Crippen molar-refractivity contribution in [1.82, 2.24) is 14.7 Å². The SMILES string of the molecule is CCN1CCN(C(=O)C2CC2C(=O)N2CCC3(CC2)OCCO3)CC1. The molecule has 3 saturated heterocycles. The quantitative estimate of drug-likeness (QED) is 0.724. The third-order valence-corrected chi connectivity index (χ3v) is 6.21. The van der Waals surface area contributed by atoms with Crippen molar-refractivity contribution >= 4 is 11.8 Å². The molecule has 0 aromatic heterocycles. The van der Waals surface area contributed by atoms with Crippen LogP contribution in [0.4, 0.5) is 0 Å². The van der Waals surface area contributed by atoms with Gasteiger partial charge in [0.2, 0.25) is 11.8 Å². The van der Waals surface area contributed by atoms with Crippen LogP contribution in [0.1, 0.15) is 26.2 Å². The number of piperidine rings is 1. The lowest BCUT2D eigenvalue weighted by atomic mass is 10.0. The van der Waals surface area contributed by atoms with Crippen molar-refractivity contribution in [2.45, 2.75) is 32.0 Å². The number of hydrogen-bond donors (Lipinski definition) is 0. The first-order valence-corrected chi connectivity index (χ1v) is 9.70. The van der Waals surface area contributed by atoms with Gasteiger partial charge in [0.15, 0.2) is 5.79 Å². The largest absolute Gasteiger partial charge is 0.347 e. The van der Waals surface area contributed by atoms with Crippen LogP contribution in [0.25, 0.3) is 0 Å². The fourth-order valence-corrected chi connectivity index (χ4v) is 4.35. The van der Waals surface area contributed by atoms with Gasteiger partial charge in [-0.3, -0.25) is 9.59 Å². The van der Waals surface area contributed by atoms with E-state index in [0.29, 0.717) is 26.3 Å². The van der Waals surface area contributed by atoms with Gasteiger partial charge in [-0.25, -0.2) is 0 Å². The second-order valence-corrected chi connectivity index (χ2v) is 7.64. The van der Waals surface area contributed by atoms with Gasteiger partial charge < -0.3 is 24.2 Å². The molecule has 3 aliphatic heterocycles. The van der Waals surface area contributed by atoms with Crippen molar-refractivity contribution in [2.75, 3.05) is 59.0 Å². The molecule has 1 spiro atoms. The number of amides is 2. The molecule has 4 fully saturated rings. The van der Waals surface area contributed by atoms with Crippen LogP contribution in [0.15, 0.2) is 0 Å². The van der Waals surface area contributed by atoms with Gasteiger partial charge in [-0.05, 0) is 13.0 Å². The molecule has 4 aliphatic rings. The van der Waals surface area contributed by atoms with Gasteiger partial charge >= 0.3 is 0 Å². The zero-order valence-electron chi connectivity index (χ0n) is 15.1. The summed E-state index contributed by atoms with van der Waals surface area (Å²) < 4.78 is 11.4. The monoisotopic (exact) mass is 351 g/mol. The molecule has 3 heterocycles. The molecule has 25 heavy (non-hydrogen) atoms. The third-order valence-electron chi connectivity index (χ3n) is 6.21. The maximum Gasteiger partial charge on any atom is 0.226 e. The second kappa shape index (κ2) is 6.85. The zero-order valence-corrected chi connectivity index (χ0v) is 15.1. The summed E-state index contributed by atoms with van der Waals surface area (Å²) in [5.41, 5.74) is 0. The first-order valence-electron chi connectivity index (χ1n) is 9.70. The highest BCUT2D eigenvalue weighted by Crippen LogP contribution is 2.42. The number of piperazine rings is 1. The molecule has 0 aromatic carbocycles. The predicted octanol–water partition coefficient (Wildman–Crippen LogP) is 0.152. The van der Waals surface area contributed by atoms with Gasteiger partial charge in [-0.1, -0.05) is 6.92 Å². The molecule has 0 N–H and O–H groups in total. The summed E-state index contributed by atoms with van der Waals surface area (Å²) in [5, 5.41) is 0. The van der Waals surface area contributed by atoms with Crippen LogP contribution in [-0.2, 0) is 19.1 Å². The third kappa shape index (κ3) is 3.41. The van der Waals surface area contributed by atoms with E-state index in [0.717, 1.165) is 52.0 Å². The van der Waals surface area contributed by atoms with Gasteiger partial charge in [-0.15, -0.1) is 0 Å². The molecule has 0 bridgehead atoms. The van der Waals surface area contributed by atoms with Crippen molar-refractivity contribution in [3.05, 3.63) is 0 Å². The van der Waals surface area contributed by atoms with Gasteiger partial charge in [0.05, 0.1) is 25.0 Å². The fourth-order valence-electron chi connectivity index (χ4n) is 4.35. The topological polar surface area (TPSA) is 62.3 Å². The Balaban J connectivity index is 1.25. The van der Waals surface area contributed by atoms with Gasteiger partial charge in [0, 0.05) is 52.1 Å². The lowest BCUT2D eigenvalue weighted by molar-refractivity contribution is -0.187. The number of nitrogens with zero attached hydrogens (tertiary/aromatic N) is 3. The predicted molar refractivity (Wildman–Crippen MR) is 90.7 cm³/mol. The molecule has 7 heteroatoms. The molecule has 1 saturated carbocycles. The van der Waals surface area contributed by atoms with Crippen LogP contribution in [0.3, 0.4) is 0 Å². The van der Waals surface area contributed by atoms with Gasteiger partial charge in [0.25, 0.3) is 0 Å². The van der Waals surface area contributed by atoms with Crippen LogP contribution in [0.5, 0.6) is 0 Å². The summed E-state index contributed by atoms with van der Waals surface area (Å²) in [6.45, 7) is 9.32. The molecule has 2 unspecified atom stereocenters. The van der Waals surface area contributed by atoms with E-state index in [1.165, 1.54) is 0 Å². The van der Waals surface area contributed by atoms with E-state index in [1.807, 2.05) is 9.80 Å². The second-order valence-electron chi connectivity index (χ2n) is 7.64. The number of carbonyl (C=O) groups excluding carboxylic acids is 2. The summed E-state index contributed by atoms with van der Waals surface area (Å²) >= 11 is 0. The maximum atomic E-state index is 12.7. The molecule has 2 amide bonds. The minimum Gasteiger partial charge on any atom is -0.347 e. The highest BCUT2D eigenvalue weighted by molar-refractivity contribution is 5.92. The fraction of sp³-hybridized carbons (Fsp3) is 0.889. The molecule has 7 nitrogen and oxygen atoms in total. The van der Waals surface area contributed by atoms with Crippen molar-refractivity contribution in [3.63, 3.8) is 0 Å². The van der Waals surface area contributed by atoms with E-state index >= 15 is 0 Å². The van der Waals surface area contributed by atoms with E-state index in [2.05, 4.69) is 11.8 Å². The van der Waals surface area contributed by atoms with Crippen LogP contribution < -0.4 is 0 Å². The molecule has 0 aromatic rings. The first-order chi connectivity index (χ1) is 12.1. The van der Waals surface area contributed by atoms with Crippen molar-refractivity contribution in [3.8, 4) is 0 Å². The smallest absolute Gasteiger partial charge is 0.226 e. The molecule has 1 aliphatic carbocycles. The summed E-state index contributed by atoms with van der Waals surface area (Å²) in [4.78, 5) is 31.6. The average molecular weight is 351 g/mol. The highest BCUT2D eigenvalue weighted by atomic mass is 16.7. The average Bonchev–Trinajstić information content (AvgIpc) is 3.34. The van der Waals surface area contributed by atoms with Crippen LogP contribution in [-0.4, -0.2) is 91.3 Å². The normalized spacial score (nSPS) is 32.2. The Morgan fingerprint density at radius 3 is 1.92 bits per heavy atom. The Kier molecular flexibility index (Phi) is 4.73. The Hall–Kier alpha value is -1.18. The van der Waals surface area contributed by atoms with Crippen molar-refractivity contribution in [2.24, 2.45) is 11.8 Å². The minimum atomic E-state index is -0.450. The van der Waals surface area contributed by atoms with E-state index < -0.39 is 5.79 Å². The molecular weight excluding hydrogens is 322 g/mol. The summed E-state index contributed by atoms with van der Waals surface area (Å²) in [6.07, 6.45) is 2.20. The van der Waals surface area contributed by atoms with Crippen LogP contribution in [0.2, 0.25) is 0 Å². The standard InChI is InChI=1S/C18H29N3O4/c1-2-19-7-9-21(10-8-19)17(23)15-13-14(15)16(22)20-5-3-18(4-6-20)24-11-12-25-18/h14-15H,2-13H2,1H3. The lowest BCUT2D eigenvalue weighted by Gasteiger charge is -2.37. The van der Waals surface area contributed by atoms with Crippen molar-refractivity contribution < 1.29 is 19.1 Å². The number of carbonyl (C=O) groups is 2. The minimum absolute atomic E-state index is 0.0875. The molecule has 0 radical (unpaired) electrons. The number of likely N-dealkylation sites (tertiary alicyclic amines) is 1. The Bertz CT molecular complexity index is 516. The van der Waals surface area contributed by atoms with E-state index in [9.17, 15) is 9.59 Å². The lowest BCUT2D eigenvalue weighted by Crippen LogP contribution is -2.50. The summed E-state index contributed by atoms with van der Waals surface area (Å²) in [5.74, 6) is -0.302. The molecule has 4 rings (SSSR count). The number of likely N-dealkylation sites (N-methyl/N-ethyl adjacent to an activating group) is 1. The van der Waals surface area contributed by atoms with E-state index in [1.54, 1.807) is 0 Å². The summed E-state index contributed by atoms with van der Waals surface area (Å²) in [6, 6.07) is 0. The maximum absolute atomic E-state index is 12.7. The molecular formula is C18H29N3O4. The van der Waals surface area contributed by atoms with Crippen molar-refractivity contribution in [1.29, 1.82) is 0 Å².